The minimum Gasteiger partial charge on any atom is -0.481 e. The third-order valence-electron chi connectivity index (χ3n) is 7.21. The van der Waals surface area contributed by atoms with E-state index in [1.807, 2.05) is 0 Å². The third kappa shape index (κ3) is 30.8. The zero-order valence-electron chi connectivity index (χ0n) is 28.0. The number of hydrogen-bond acceptors (Lipinski definition) is 10. The van der Waals surface area contributed by atoms with Crippen LogP contribution in [0.3, 0.4) is 0 Å². The highest BCUT2D eigenvalue weighted by atomic mass is 31.2. The van der Waals surface area contributed by atoms with E-state index >= 15 is 0 Å². The number of hydrogen-bond donors (Lipinski definition) is 4. The van der Waals surface area contributed by atoms with Gasteiger partial charge in [0, 0.05) is 19.3 Å². The van der Waals surface area contributed by atoms with Crippen LogP contribution in [0.5, 0.6) is 0 Å². The van der Waals surface area contributed by atoms with Crippen LogP contribution in [0.25, 0.3) is 0 Å². The standard InChI is InChI=1S/C33H61O12P/c1-2-3-4-5-6-7-8-9-10-11-12-13-14-17-20-23-32(38)42-27-30(28-44-46(40,41)43-26-29(35)25-34)45-33(39)24-21-18-15-16-19-22-31(36)37/h9-10,29-30,34-35H,2-8,11-28H2,1H3,(H,36,37)(H,40,41)/b10-9-/t29-,30+/m0/s1. The van der Waals surface area contributed by atoms with Gasteiger partial charge in [-0.15, -0.1) is 0 Å². The van der Waals surface area contributed by atoms with E-state index in [0.29, 0.717) is 25.7 Å². The first-order valence-electron chi connectivity index (χ1n) is 17.2. The van der Waals surface area contributed by atoms with Crippen molar-refractivity contribution in [1.29, 1.82) is 0 Å². The Morgan fingerprint density at radius 2 is 1.15 bits per heavy atom. The Kier molecular flexibility index (Phi) is 29.3. The fourth-order valence-corrected chi connectivity index (χ4v) is 5.27. The fourth-order valence-electron chi connectivity index (χ4n) is 4.48. The molecule has 3 atom stereocenters. The first kappa shape index (κ1) is 44.2. The molecule has 0 saturated carbocycles. The van der Waals surface area contributed by atoms with Crippen molar-refractivity contribution in [3.63, 3.8) is 0 Å². The van der Waals surface area contributed by atoms with Crippen LogP contribution in [0.1, 0.15) is 142 Å². The normalized spacial score (nSPS) is 14.2. The number of esters is 2. The molecule has 0 aliphatic carbocycles. The number of ether oxygens (including phenoxy) is 2. The van der Waals surface area contributed by atoms with E-state index in [9.17, 15) is 28.9 Å². The number of phosphoric ester groups is 1. The molecule has 0 aromatic carbocycles. The van der Waals surface area contributed by atoms with Crippen LogP contribution < -0.4 is 0 Å². The maximum atomic E-state index is 12.4. The van der Waals surface area contributed by atoms with Crippen molar-refractivity contribution in [3.05, 3.63) is 12.2 Å². The molecule has 0 aromatic rings. The number of aliphatic carboxylic acids is 1. The van der Waals surface area contributed by atoms with Crippen molar-refractivity contribution in [2.45, 2.75) is 154 Å². The van der Waals surface area contributed by atoms with Crippen LogP contribution in [-0.2, 0) is 37.5 Å². The Morgan fingerprint density at radius 1 is 0.674 bits per heavy atom. The molecule has 0 amide bonds. The molecule has 4 N–H and O–H groups in total. The average Bonchev–Trinajstić information content (AvgIpc) is 3.02. The van der Waals surface area contributed by atoms with E-state index in [1.54, 1.807) is 0 Å². The quantitative estimate of drug-likeness (QED) is 0.0247. The molecule has 0 saturated heterocycles. The van der Waals surface area contributed by atoms with Crippen LogP contribution in [0, 0.1) is 0 Å². The van der Waals surface area contributed by atoms with E-state index in [4.69, 9.17) is 24.2 Å². The van der Waals surface area contributed by atoms with Gasteiger partial charge in [-0.3, -0.25) is 23.4 Å². The van der Waals surface area contributed by atoms with E-state index in [1.165, 1.54) is 38.5 Å². The van der Waals surface area contributed by atoms with Crippen LogP contribution in [-0.4, -0.2) is 76.8 Å². The molecular weight excluding hydrogens is 619 g/mol. The van der Waals surface area contributed by atoms with Crippen LogP contribution in [0.15, 0.2) is 12.2 Å². The smallest absolute Gasteiger partial charge is 0.472 e. The van der Waals surface area contributed by atoms with E-state index in [-0.39, 0.29) is 25.9 Å². The number of carbonyl (C=O) groups excluding carboxylic acids is 2. The summed E-state index contributed by atoms with van der Waals surface area (Å²) in [5, 5.41) is 26.8. The lowest BCUT2D eigenvalue weighted by Crippen LogP contribution is -2.29. The zero-order chi connectivity index (χ0) is 34.3. The maximum absolute atomic E-state index is 12.4. The van der Waals surface area contributed by atoms with Crippen LogP contribution in [0.2, 0.25) is 0 Å². The van der Waals surface area contributed by atoms with Gasteiger partial charge in [0.15, 0.2) is 6.10 Å². The van der Waals surface area contributed by atoms with Crippen LogP contribution >= 0.6 is 7.82 Å². The monoisotopic (exact) mass is 680 g/mol. The summed E-state index contributed by atoms with van der Waals surface area (Å²) < 4.78 is 32.2. The lowest BCUT2D eigenvalue weighted by Gasteiger charge is -2.20. The van der Waals surface area contributed by atoms with Crippen LogP contribution in [0.4, 0.5) is 0 Å². The summed E-state index contributed by atoms with van der Waals surface area (Å²) in [7, 11) is -4.64. The molecule has 1 unspecified atom stereocenters. The highest BCUT2D eigenvalue weighted by Gasteiger charge is 2.27. The van der Waals surface area contributed by atoms with E-state index in [2.05, 4.69) is 23.6 Å². The lowest BCUT2D eigenvalue weighted by molar-refractivity contribution is -0.161. The van der Waals surface area contributed by atoms with Gasteiger partial charge in [0.1, 0.15) is 12.7 Å². The second kappa shape index (κ2) is 30.5. The minimum atomic E-state index is -4.64. The Bertz CT molecular complexity index is 850. The summed E-state index contributed by atoms with van der Waals surface area (Å²) in [4.78, 5) is 45.0. The van der Waals surface area contributed by atoms with Gasteiger partial charge in [0.25, 0.3) is 0 Å². The molecule has 0 aliphatic rings. The summed E-state index contributed by atoms with van der Waals surface area (Å²) in [6, 6.07) is 0. The molecule has 12 nitrogen and oxygen atoms in total. The Hall–Kier alpha value is -1.82. The van der Waals surface area contributed by atoms with Crippen molar-refractivity contribution < 1.29 is 57.7 Å². The van der Waals surface area contributed by atoms with Crippen molar-refractivity contribution in [1.82, 2.24) is 0 Å². The average molecular weight is 681 g/mol. The summed E-state index contributed by atoms with van der Waals surface area (Å²) in [6.07, 6.45) is 20.5. The van der Waals surface area contributed by atoms with E-state index < -0.39 is 57.8 Å². The largest absolute Gasteiger partial charge is 0.481 e. The first-order chi connectivity index (χ1) is 22.1. The predicted molar refractivity (Wildman–Crippen MR) is 175 cm³/mol. The molecule has 0 aliphatic heterocycles. The molecule has 270 valence electrons. The van der Waals surface area contributed by atoms with Crippen molar-refractivity contribution >= 4 is 25.7 Å². The molecule has 0 rings (SSSR count). The minimum absolute atomic E-state index is 0.0638. The topological polar surface area (TPSA) is 186 Å². The van der Waals surface area contributed by atoms with Gasteiger partial charge in [-0.1, -0.05) is 89.7 Å². The molecule has 46 heavy (non-hydrogen) atoms. The van der Waals surface area contributed by atoms with Gasteiger partial charge < -0.3 is 29.7 Å². The number of aliphatic hydroxyl groups excluding tert-OH is 2. The van der Waals surface area contributed by atoms with Crippen molar-refractivity contribution in [2.24, 2.45) is 0 Å². The SMILES string of the molecule is CCCCCCCC/C=C\CCCCCCCC(=O)OC[C@H](COP(=O)(O)OC[C@@H](O)CO)OC(=O)CCCCCCCC(=O)O. The molecule has 0 aromatic heterocycles. The molecule has 0 heterocycles. The number of aliphatic hydroxyl groups is 2. The fraction of sp³-hybridized carbons (Fsp3) is 0.848. The first-order valence-corrected chi connectivity index (χ1v) is 18.7. The second-order valence-electron chi connectivity index (χ2n) is 11.7. The van der Waals surface area contributed by atoms with Gasteiger partial charge in [0.2, 0.25) is 0 Å². The van der Waals surface area contributed by atoms with Gasteiger partial charge in [-0.05, 0) is 44.9 Å². The maximum Gasteiger partial charge on any atom is 0.472 e. The molecule has 0 spiro atoms. The predicted octanol–water partition coefficient (Wildman–Crippen LogP) is 6.78. The number of unbranched alkanes of at least 4 members (excludes halogenated alkanes) is 15. The summed E-state index contributed by atoms with van der Waals surface area (Å²) >= 11 is 0. The van der Waals surface area contributed by atoms with Crippen molar-refractivity contribution in [2.75, 3.05) is 26.4 Å². The van der Waals surface area contributed by atoms with Gasteiger partial charge in [-0.25, -0.2) is 4.57 Å². The highest BCUT2D eigenvalue weighted by molar-refractivity contribution is 7.47. The molecule has 0 radical (unpaired) electrons. The Balaban J connectivity index is 4.35. The van der Waals surface area contributed by atoms with Crippen molar-refractivity contribution in [3.8, 4) is 0 Å². The zero-order valence-corrected chi connectivity index (χ0v) is 28.9. The Labute approximate surface area is 275 Å². The summed E-state index contributed by atoms with van der Waals surface area (Å²) in [5.74, 6) is -1.92. The molecule has 0 fully saturated rings. The molecular formula is C33H61O12P. The number of carbonyl (C=O) groups is 3. The van der Waals surface area contributed by atoms with Gasteiger partial charge in [0.05, 0.1) is 19.8 Å². The van der Waals surface area contributed by atoms with E-state index in [0.717, 1.165) is 51.4 Å². The number of rotatable bonds is 33. The third-order valence-corrected chi connectivity index (χ3v) is 8.16. The lowest BCUT2D eigenvalue weighted by atomic mass is 10.1. The number of allylic oxidation sites excluding steroid dienone is 2. The number of carboxylic acid groups (broad SMARTS) is 1. The summed E-state index contributed by atoms with van der Waals surface area (Å²) in [5.41, 5.74) is 0. The van der Waals surface area contributed by atoms with Gasteiger partial charge in [-0.2, -0.15) is 0 Å². The number of phosphoric acid groups is 1. The molecule has 13 heteroatoms. The Morgan fingerprint density at radius 3 is 1.70 bits per heavy atom. The highest BCUT2D eigenvalue weighted by Crippen LogP contribution is 2.43. The second-order valence-corrected chi connectivity index (χ2v) is 13.1. The number of carboxylic acids is 1. The summed E-state index contributed by atoms with van der Waals surface area (Å²) in [6.45, 7) is -0.0547. The molecule has 0 bridgehead atoms. The van der Waals surface area contributed by atoms with Gasteiger partial charge >= 0.3 is 25.7 Å².